The van der Waals surface area contributed by atoms with E-state index in [1.807, 2.05) is 13.0 Å². The summed E-state index contributed by atoms with van der Waals surface area (Å²) in [6, 6.07) is 10.4. The molecular weight excluding hydrogens is 276 g/mol. The molecule has 0 saturated heterocycles. The lowest BCUT2D eigenvalue weighted by Crippen LogP contribution is -2.12. The second-order valence-corrected chi connectivity index (χ2v) is 4.96. The number of hydrogen-bond donors (Lipinski definition) is 2. The molecule has 0 aliphatic rings. The van der Waals surface area contributed by atoms with Gasteiger partial charge in [0.15, 0.2) is 0 Å². The zero-order valence-electron chi connectivity index (χ0n) is 11.0. The number of carbonyl (C=O) groups excluding carboxylic acids is 1. The van der Waals surface area contributed by atoms with Crippen LogP contribution in [0.5, 0.6) is 5.75 Å². The minimum absolute atomic E-state index is 0.361. The maximum atomic E-state index is 11.1. The maximum Gasteiger partial charge on any atom is 0.248 e. The fourth-order valence-electron chi connectivity index (χ4n) is 1.93. The van der Waals surface area contributed by atoms with Gasteiger partial charge in [-0.1, -0.05) is 23.7 Å². The smallest absolute Gasteiger partial charge is 0.248 e. The number of anilines is 1. The van der Waals surface area contributed by atoms with Gasteiger partial charge in [0, 0.05) is 22.3 Å². The quantitative estimate of drug-likeness (QED) is 0.850. The predicted molar refractivity (Wildman–Crippen MR) is 79.9 cm³/mol. The van der Waals surface area contributed by atoms with E-state index in [1.54, 1.807) is 30.3 Å². The van der Waals surface area contributed by atoms with Crippen LogP contribution < -0.4 is 16.2 Å². The van der Waals surface area contributed by atoms with Crippen molar-refractivity contribution in [3.63, 3.8) is 0 Å². The average Bonchev–Trinajstić information content (AvgIpc) is 2.35. The SMILES string of the molecule is Cc1cc(COc2cc(N)cc(Cl)c2)ccc1C(N)=O. The van der Waals surface area contributed by atoms with Crippen molar-refractivity contribution in [1.29, 1.82) is 0 Å². The molecule has 2 rings (SSSR count). The molecule has 0 aliphatic heterocycles. The number of hydrogen-bond acceptors (Lipinski definition) is 3. The summed E-state index contributed by atoms with van der Waals surface area (Å²) in [5, 5.41) is 0.528. The Morgan fingerprint density at radius 1 is 1.25 bits per heavy atom. The molecule has 1 amide bonds. The van der Waals surface area contributed by atoms with Crippen LogP contribution in [-0.2, 0) is 6.61 Å². The van der Waals surface area contributed by atoms with Crippen molar-refractivity contribution in [2.45, 2.75) is 13.5 Å². The Balaban J connectivity index is 2.11. The number of primary amides is 1. The highest BCUT2D eigenvalue weighted by Crippen LogP contribution is 2.23. The van der Waals surface area contributed by atoms with Crippen LogP contribution >= 0.6 is 11.6 Å². The molecular formula is C15H15ClN2O2. The molecule has 5 heteroatoms. The fraction of sp³-hybridized carbons (Fsp3) is 0.133. The number of carbonyl (C=O) groups is 1. The molecule has 0 bridgehead atoms. The van der Waals surface area contributed by atoms with Crippen LogP contribution in [0.15, 0.2) is 36.4 Å². The molecule has 4 nitrogen and oxygen atoms in total. The third kappa shape index (κ3) is 3.42. The summed E-state index contributed by atoms with van der Waals surface area (Å²) in [5.74, 6) is 0.171. The number of ether oxygens (including phenoxy) is 1. The molecule has 0 saturated carbocycles. The van der Waals surface area contributed by atoms with E-state index in [0.717, 1.165) is 11.1 Å². The predicted octanol–water partition coefficient (Wildman–Crippen LogP) is 2.91. The summed E-state index contributed by atoms with van der Waals surface area (Å²) in [6.45, 7) is 2.20. The second-order valence-electron chi connectivity index (χ2n) is 4.52. The Bertz CT molecular complexity index is 636. The number of aryl methyl sites for hydroxylation is 1. The van der Waals surface area contributed by atoms with E-state index in [9.17, 15) is 4.79 Å². The highest BCUT2D eigenvalue weighted by molar-refractivity contribution is 6.31. The van der Waals surface area contributed by atoms with Gasteiger partial charge in [0.1, 0.15) is 12.4 Å². The van der Waals surface area contributed by atoms with Gasteiger partial charge in [0.05, 0.1) is 0 Å². The van der Waals surface area contributed by atoms with Gasteiger partial charge in [-0.15, -0.1) is 0 Å². The molecule has 104 valence electrons. The first kappa shape index (κ1) is 14.2. The minimum atomic E-state index is -0.433. The van der Waals surface area contributed by atoms with E-state index < -0.39 is 5.91 Å². The van der Waals surface area contributed by atoms with Crippen molar-refractivity contribution in [3.05, 3.63) is 58.1 Å². The van der Waals surface area contributed by atoms with Gasteiger partial charge in [0.25, 0.3) is 0 Å². The molecule has 0 aliphatic carbocycles. The zero-order chi connectivity index (χ0) is 14.7. The van der Waals surface area contributed by atoms with Crippen molar-refractivity contribution in [2.75, 3.05) is 5.73 Å². The third-order valence-corrected chi connectivity index (χ3v) is 3.07. The normalized spacial score (nSPS) is 10.3. The summed E-state index contributed by atoms with van der Waals surface area (Å²) < 4.78 is 5.63. The van der Waals surface area contributed by atoms with Gasteiger partial charge in [-0.25, -0.2) is 0 Å². The van der Waals surface area contributed by atoms with E-state index in [-0.39, 0.29) is 0 Å². The standard InChI is InChI=1S/C15H15ClN2O2/c1-9-4-10(2-3-14(9)15(18)19)8-20-13-6-11(16)5-12(17)7-13/h2-7H,8,17H2,1H3,(H2,18,19). The Hall–Kier alpha value is -2.20. The van der Waals surface area contributed by atoms with Crippen molar-refractivity contribution in [2.24, 2.45) is 5.73 Å². The van der Waals surface area contributed by atoms with E-state index in [0.29, 0.717) is 28.6 Å². The number of halogens is 1. The second kappa shape index (κ2) is 5.84. The van der Waals surface area contributed by atoms with E-state index in [2.05, 4.69) is 0 Å². The number of benzene rings is 2. The van der Waals surface area contributed by atoms with Gasteiger partial charge in [-0.3, -0.25) is 4.79 Å². The van der Waals surface area contributed by atoms with Crippen molar-refractivity contribution in [1.82, 2.24) is 0 Å². The first-order valence-corrected chi connectivity index (χ1v) is 6.41. The topological polar surface area (TPSA) is 78.3 Å². The monoisotopic (exact) mass is 290 g/mol. The molecule has 20 heavy (non-hydrogen) atoms. The summed E-state index contributed by atoms with van der Waals surface area (Å²) in [6.07, 6.45) is 0. The van der Waals surface area contributed by atoms with Crippen LogP contribution in [0.25, 0.3) is 0 Å². The van der Waals surface area contributed by atoms with Crippen LogP contribution in [0.4, 0.5) is 5.69 Å². The number of nitrogens with two attached hydrogens (primary N) is 2. The largest absolute Gasteiger partial charge is 0.489 e. The molecule has 0 atom stereocenters. The number of amides is 1. The molecule has 2 aromatic carbocycles. The molecule has 0 unspecified atom stereocenters. The molecule has 0 spiro atoms. The van der Waals surface area contributed by atoms with E-state index >= 15 is 0 Å². The summed E-state index contributed by atoms with van der Waals surface area (Å²) >= 11 is 5.90. The van der Waals surface area contributed by atoms with E-state index in [1.165, 1.54) is 0 Å². The van der Waals surface area contributed by atoms with E-state index in [4.69, 9.17) is 27.8 Å². The molecule has 0 heterocycles. The first-order chi connectivity index (χ1) is 9.45. The van der Waals surface area contributed by atoms with Gasteiger partial charge >= 0.3 is 0 Å². The Labute approximate surface area is 122 Å². The lowest BCUT2D eigenvalue weighted by atomic mass is 10.1. The molecule has 0 aromatic heterocycles. The highest BCUT2D eigenvalue weighted by Gasteiger charge is 2.06. The van der Waals surface area contributed by atoms with Crippen LogP contribution in [-0.4, -0.2) is 5.91 Å². The van der Waals surface area contributed by atoms with Crippen LogP contribution in [0.2, 0.25) is 5.02 Å². The van der Waals surface area contributed by atoms with Crippen LogP contribution in [0.1, 0.15) is 21.5 Å². The van der Waals surface area contributed by atoms with Gasteiger partial charge in [-0.05, 0) is 36.2 Å². The highest BCUT2D eigenvalue weighted by atomic mass is 35.5. The Morgan fingerprint density at radius 3 is 2.60 bits per heavy atom. The lowest BCUT2D eigenvalue weighted by molar-refractivity contribution is 0.0999. The van der Waals surface area contributed by atoms with Crippen molar-refractivity contribution < 1.29 is 9.53 Å². The minimum Gasteiger partial charge on any atom is -0.489 e. The summed E-state index contributed by atoms with van der Waals surface area (Å²) in [4.78, 5) is 11.1. The number of rotatable bonds is 4. The van der Waals surface area contributed by atoms with Gasteiger partial charge < -0.3 is 16.2 Å². The first-order valence-electron chi connectivity index (χ1n) is 6.04. The molecule has 0 radical (unpaired) electrons. The number of nitrogen functional groups attached to an aromatic ring is 1. The molecule has 4 N–H and O–H groups in total. The molecule has 2 aromatic rings. The summed E-state index contributed by atoms with van der Waals surface area (Å²) in [5.41, 5.74) is 13.8. The van der Waals surface area contributed by atoms with Gasteiger partial charge in [0.2, 0.25) is 5.91 Å². The van der Waals surface area contributed by atoms with Crippen molar-refractivity contribution in [3.8, 4) is 5.75 Å². The van der Waals surface area contributed by atoms with Gasteiger partial charge in [-0.2, -0.15) is 0 Å². The molecule has 0 fully saturated rings. The fourth-order valence-corrected chi connectivity index (χ4v) is 2.16. The lowest BCUT2D eigenvalue weighted by Gasteiger charge is -2.09. The summed E-state index contributed by atoms with van der Waals surface area (Å²) in [7, 11) is 0. The zero-order valence-corrected chi connectivity index (χ0v) is 11.8. The Kier molecular flexibility index (Phi) is 4.15. The van der Waals surface area contributed by atoms with Crippen LogP contribution in [0, 0.1) is 6.92 Å². The average molecular weight is 291 g/mol. The third-order valence-electron chi connectivity index (χ3n) is 2.86. The van der Waals surface area contributed by atoms with Crippen LogP contribution in [0.3, 0.4) is 0 Å². The maximum absolute atomic E-state index is 11.1. The Morgan fingerprint density at radius 2 is 2.00 bits per heavy atom. The van der Waals surface area contributed by atoms with Crippen molar-refractivity contribution >= 4 is 23.2 Å².